The highest BCUT2D eigenvalue weighted by Gasteiger charge is 2.39. The molecular weight excluding hydrogens is 287 g/mol. The number of benzene rings is 1. The van der Waals surface area contributed by atoms with Crippen molar-refractivity contribution in [1.29, 1.82) is 0 Å². The van der Waals surface area contributed by atoms with Gasteiger partial charge in [0.1, 0.15) is 6.04 Å². The molecule has 4 nitrogen and oxygen atoms in total. The molecule has 0 aromatic heterocycles. The molecule has 1 fully saturated rings. The first-order valence-corrected chi connectivity index (χ1v) is 6.71. The summed E-state index contributed by atoms with van der Waals surface area (Å²) in [5, 5.41) is 3.53. The van der Waals surface area contributed by atoms with Gasteiger partial charge in [-0.15, -0.1) is 0 Å². The second-order valence-corrected chi connectivity index (χ2v) is 5.66. The number of nitrogens with zero attached hydrogens (tertiary/aromatic N) is 1. The van der Waals surface area contributed by atoms with Crippen LogP contribution in [0.4, 0.5) is 4.79 Å². The highest BCUT2D eigenvalue weighted by atomic mass is 35.5. The van der Waals surface area contributed by atoms with E-state index in [0.717, 1.165) is 5.56 Å². The third-order valence-electron chi connectivity index (χ3n) is 3.05. The van der Waals surface area contributed by atoms with Crippen molar-refractivity contribution in [1.82, 2.24) is 10.2 Å². The van der Waals surface area contributed by atoms with Crippen LogP contribution in [-0.2, 0) is 11.3 Å². The van der Waals surface area contributed by atoms with Crippen molar-refractivity contribution in [3.05, 3.63) is 33.8 Å². The molecule has 6 heteroatoms. The smallest absolute Gasteiger partial charge is 0.325 e. The molecule has 0 unspecified atom stereocenters. The number of hydrogen-bond acceptors (Lipinski definition) is 2. The number of amides is 3. The van der Waals surface area contributed by atoms with Crippen LogP contribution in [0.25, 0.3) is 0 Å². The van der Waals surface area contributed by atoms with Crippen molar-refractivity contribution in [2.45, 2.75) is 26.4 Å². The number of nitrogens with one attached hydrogen (secondary N) is 1. The molecule has 0 bridgehead atoms. The standard InChI is InChI=1S/C13H14Cl2N2O2/c1-7(2)11-12(18)17(13(19)16-11)6-8-3-4-9(14)10(15)5-8/h3-5,7,11H,6H2,1-2H3,(H,16,19)/t11-/m1/s1. The normalized spacial score (nSPS) is 19.2. The van der Waals surface area contributed by atoms with Crippen molar-refractivity contribution < 1.29 is 9.59 Å². The van der Waals surface area contributed by atoms with Gasteiger partial charge in [0, 0.05) is 0 Å². The number of halogens is 2. The number of rotatable bonds is 3. The zero-order chi connectivity index (χ0) is 14.2. The Morgan fingerprint density at radius 3 is 2.47 bits per heavy atom. The molecular formula is C13H14Cl2N2O2. The molecule has 3 amide bonds. The highest BCUT2D eigenvalue weighted by Crippen LogP contribution is 2.24. The van der Waals surface area contributed by atoms with Gasteiger partial charge in [0.15, 0.2) is 0 Å². The Hall–Kier alpha value is -1.26. The fourth-order valence-electron chi connectivity index (χ4n) is 1.96. The lowest BCUT2D eigenvalue weighted by atomic mass is 10.0. The molecule has 0 radical (unpaired) electrons. The van der Waals surface area contributed by atoms with E-state index in [0.29, 0.717) is 10.0 Å². The van der Waals surface area contributed by atoms with Gasteiger partial charge in [-0.1, -0.05) is 43.1 Å². The minimum Gasteiger partial charge on any atom is -0.326 e. The van der Waals surface area contributed by atoms with Crippen LogP contribution in [0.15, 0.2) is 18.2 Å². The van der Waals surface area contributed by atoms with E-state index in [1.807, 2.05) is 13.8 Å². The molecule has 1 heterocycles. The molecule has 1 N–H and O–H groups in total. The first-order chi connectivity index (χ1) is 8.90. The van der Waals surface area contributed by atoms with Gasteiger partial charge in [-0.25, -0.2) is 4.79 Å². The fraction of sp³-hybridized carbons (Fsp3) is 0.385. The summed E-state index contributed by atoms with van der Waals surface area (Å²) in [4.78, 5) is 25.1. The predicted molar refractivity (Wildman–Crippen MR) is 74.2 cm³/mol. The number of hydrogen-bond donors (Lipinski definition) is 1. The van der Waals surface area contributed by atoms with E-state index in [9.17, 15) is 9.59 Å². The van der Waals surface area contributed by atoms with E-state index < -0.39 is 6.04 Å². The van der Waals surface area contributed by atoms with Gasteiger partial charge in [0.2, 0.25) is 0 Å². The predicted octanol–water partition coefficient (Wildman–Crippen LogP) is 3.07. The highest BCUT2D eigenvalue weighted by molar-refractivity contribution is 6.42. The minimum atomic E-state index is -0.449. The summed E-state index contributed by atoms with van der Waals surface area (Å²) in [6, 6.07) is 4.24. The summed E-state index contributed by atoms with van der Waals surface area (Å²) >= 11 is 11.7. The summed E-state index contributed by atoms with van der Waals surface area (Å²) < 4.78 is 0. The molecule has 19 heavy (non-hydrogen) atoms. The van der Waals surface area contributed by atoms with Gasteiger partial charge in [-0.3, -0.25) is 9.69 Å². The second kappa shape index (κ2) is 5.39. The summed E-state index contributed by atoms with van der Waals surface area (Å²) in [7, 11) is 0. The topological polar surface area (TPSA) is 49.4 Å². The monoisotopic (exact) mass is 300 g/mol. The lowest BCUT2D eigenvalue weighted by Gasteiger charge is -2.14. The van der Waals surface area contributed by atoms with Crippen LogP contribution in [-0.4, -0.2) is 22.9 Å². The van der Waals surface area contributed by atoms with Gasteiger partial charge < -0.3 is 5.32 Å². The molecule has 1 aromatic carbocycles. The first kappa shape index (κ1) is 14.2. The molecule has 1 aliphatic rings. The minimum absolute atomic E-state index is 0.0651. The Morgan fingerprint density at radius 1 is 1.26 bits per heavy atom. The quantitative estimate of drug-likeness (QED) is 0.872. The van der Waals surface area contributed by atoms with Crippen LogP contribution in [0, 0.1) is 5.92 Å². The van der Waals surface area contributed by atoms with Crippen molar-refractivity contribution >= 4 is 35.1 Å². The van der Waals surface area contributed by atoms with E-state index in [-0.39, 0.29) is 24.4 Å². The van der Waals surface area contributed by atoms with Crippen LogP contribution < -0.4 is 5.32 Å². The van der Waals surface area contributed by atoms with Crippen LogP contribution in [0.5, 0.6) is 0 Å². The Balaban J connectivity index is 2.17. The Morgan fingerprint density at radius 2 is 1.95 bits per heavy atom. The average Bonchev–Trinajstić information content (AvgIpc) is 2.62. The van der Waals surface area contributed by atoms with Crippen molar-refractivity contribution in [3.8, 4) is 0 Å². The van der Waals surface area contributed by atoms with Crippen LogP contribution in [0.3, 0.4) is 0 Å². The van der Waals surface area contributed by atoms with Crippen molar-refractivity contribution in [3.63, 3.8) is 0 Å². The summed E-state index contributed by atoms with van der Waals surface area (Å²) in [5.41, 5.74) is 0.766. The number of carbonyl (C=O) groups is 2. The summed E-state index contributed by atoms with van der Waals surface area (Å²) in [6.45, 7) is 3.99. The lowest BCUT2D eigenvalue weighted by Crippen LogP contribution is -2.34. The summed E-state index contributed by atoms with van der Waals surface area (Å²) in [6.07, 6.45) is 0. The van der Waals surface area contributed by atoms with E-state index in [4.69, 9.17) is 23.2 Å². The molecule has 1 aliphatic heterocycles. The zero-order valence-corrected chi connectivity index (χ0v) is 12.1. The van der Waals surface area contributed by atoms with Gasteiger partial charge >= 0.3 is 6.03 Å². The first-order valence-electron chi connectivity index (χ1n) is 5.96. The Bertz CT molecular complexity index is 531. The van der Waals surface area contributed by atoms with Crippen molar-refractivity contribution in [2.24, 2.45) is 5.92 Å². The largest absolute Gasteiger partial charge is 0.326 e. The molecule has 0 aliphatic carbocycles. The van der Waals surface area contributed by atoms with Gasteiger partial charge in [-0.2, -0.15) is 0 Å². The van der Waals surface area contributed by atoms with E-state index >= 15 is 0 Å². The SMILES string of the molecule is CC(C)[C@H]1NC(=O)N(Cc2ccc(Cl)c(Cl)c2)C1=O. The Kier molecular flexibility index (Phi) is 4.02. The third-order valence-corrected chi connectivity index (χ3v) is 3.79. The Labute approximate surface area is 121 Å². The number of carbonyl (C=O) groups excluding carboxylic acids is 2. The second-order valence-electron chi connectivity index (χ2n) is 4.84. The maximum Gasteiger partial charge on any atom is 0.325 e. The lowest BCUT2D eigenvalue weighted by molar-refractivity contribution is -0.128. The number of imide groups is 1. The van der Waals surface area contributed by atoms with Gasteiger partial charge in [0.25, 0.3) is 5.91 Å². The summed E-state index contributed by atoms with van der Waals surface area (Å²) in [5.74, 6) is -0.138. The molecule has 2 rings (SSSR count). The molecule has 102 valence electrons. The van der Waals surface area contributed by atoms with Gasteiger partial charge in [-0.05, 0) is 23.6 Å². The van der Waals surface area contributed by atoms with Gasteiger partial charge in [0.05, 0.1) is 16.6 Å². The van der Waals surface area contributed by atoms with E-state index in [2.05, 4.69) is 5.32 Å². The maximum absolute atomic E-state index is 12.1. The van der Waals surface area contributed by atoms with E-state index in [1.54, 1.807) is 18.2 Å². The van der Waals surface area contributed by atoms with Crippen LogP contribution in [0.1, 0.15) is 19.4 Å². The van der Waals surface area contributed by atoms with Crippen molar-refractivity contribution in [2.75, 3.05) is 0 Å². The molecule has 0 spiro atoms. The molecule has 1 saturated heterocycles. The molecule has 1 aromatic rings. The zero-order valence-electron chi connectivity index (χ0n) is 10.6. The third kappa shape index (κ3) is 2.85. The average molecular weight is 301 g/mol. The molecule has 1 atom stereocenters. The maximum atomic E-state index is 12.1. The van der Waals surface area contributed by atoms with E-state index in [1.165, 1.54) is 4.90 Å². The molecule has 0 saturated carbocycles. The van der Waals surface area contributed by atoms with Crippen LogP contribution in [0.2, 0.25) is 10.0 Å². The fourth-order valence-corrected chi connectivity index (χ4v) is 2.28. The number of urea groups is 1. The van der Waals surface area contributed by atoms with Crippen LogP contribution >= 0.6 is 23.2 Å².